The molecule has 92 valence electrons. The van der Waals surface area contributed by atoms with Crippen molar-refractivity contribution >= 4 is 11.8 Å². The Hall–Kier alpha value is -1.55. The van der Waals surface area contributed by atoms with Gasteiger partial charge >= 0.3 is 6.09 Å². The van der Waals surface area contributed by atoms with Gasteiger partial charge in [0.15, 0.2) is 0 Å². The second-order valence-electron chi connectivity index (χ2n) is 4.23. The second kappa shape index (κ2) is 5.19. The molecule has 1 heterocycles. The van der Waals surface area contributed by atoms with Gasteiger partial charge in [-0.3, -0.25) is 4.90 Å². The van der Waals surface area contributed by atoms with Crippen LogP contribution in [0.25, 0.3) is 0 Å². The molecule has 0 aliphatic carbocycles. The average Bonchev–Trinajstić information content (AvgIpc) is 2.31. The van der Waals surface area contributed by atoms with Gasteiger partial charge in [0.05, 0.1) is 12.3 Å². The predicted molar refractivity (Wildman–Crippen MR) is 65.1 cm³/mol. The summed E-state index contributed by atoms with van der Waals surface area (Å²) in [7, 11) is 0. The molecular formula is C13H17NO3. The van der Waals surface area contributed by atoms with Crippen molar-refractivity contribution in [1.29, 1.82) is 0 Å². The third kappa shape index (κ3) is 2.42. The Bertz CT molecular complexity index is 403. The van der Waals surface area contributed by atoms with Crippen LogP contribution in [-0.2, 0) is 4.74 Å². The van der Waals surface area contributed by atoms with E-state index >= 15 is 0 Å². The number of cyclic esters (lactones) is 1. The lowest BCUT2D eigenvalue weighted by Gasteiger charge is -2.35. The van der Waals surface area contributed by atoms with Crippen LogP contribution >= 0.6 is 0 Å². The molecule has 1 atom stereocenters. The number of nitrogens with zero attached hydrogens (tertiary/aromatic N) is 1. The van der Waals surface area contributed by atoms with E-state index in [4.69, 9.17) is 9.84 Å². The first-order valence-corrected chi connectivity index (χ1v) is 5.86. The number of aliphatic hydroxyl groups is 1. The van der Waals surface area contributed by atoms with E-state index in [9.17, 15) is 4.79 Å². The number of aliphatic hydroxyl groups excluding tert-OH is 1. The Balaban J connectivity index is 2.31. The van der Waals surface area contributed by atoms with Gasteiger partial charge in [0, 0.05) is 19.1 Å². The number of benzene rings is 1. The number of carbonyl (C=O) groups is 1. The van der Waals surface area contributed by atoms with Gasteiger partial charge in [-0.1, -0.05) is 18.2 Å². The second-order valence-corrected chi connectivity index (χ2v) is 4.23. The molecule has 1 aliphatic rings. The van der Waals surface area contributed by atoms with E-state index in [0.29, 0.717) is 13.0 Å². The normalized spacial score (nSPS) is 20.2. The van der Waals surface area contributed by atoms with Gasteiger partial charge in [0.25, 0.3) is 0 Å². The fourth-order valence-electron chi connectivity index (χ4n) is 2.18. The van der Waals surface area contributed by atoms with Gasteiger partial charge in [-0.25, -0.2) is 4.79 Å². The first-order chi connectivity index (χ1) is 8.24. The summed E-state index contributed by atoms with van der Waals surface area (Å²) in [6, 6.07) is 7.75. The van der Waals surface area contributed by atoms with E-state index < -0.39 is 0 Å². The highest BCUT2D eigenvalue weighted by molar-refractivity contribution is 5.89. The van der Waals surface area contributed by atoms with Crippen LogP contribution in [-0.4, -0.2) is 30.5 Å². The highest BCUT2D eigenvalue weighted by Gasteiger charge is 2.31. The van der Waals surface area contributed by atoms with E-state index in [1.165, 1.54) is 0 Å². The van der Waals surface area contributed by atoms with Crippen LogP contribution in [0.2, 0.25) is 0 Å². The van der Waals surface area contributed by atoms with Gasteiger partial charge in [0.2, 0.25) is 0 Å². The van der Waals surface area contributed by atoms with Crippen LogP contribution in [0.1, 0.15) is 18.4 Å². The van der Waals surface area contributed by atoms with Gasteiger partial charge in [-0.05, 0) is 25.0 Å². The van der Waals surface area contributed by atoms with E-state index in [1.807, 2.05) is 31.2 Å². The van der Waals surface area contributed by atoms with Crippen molar-refractivity contribution in [2.24, 2.45) is 0 Å². The average molecular weight is 235 g/mol. The van der Waals surface area contributed by atoms with Crippen molar-refractivity contribution in [2.45, 2.75) is 25.8 Å². The first kappa shape index (κ1) is 11.9. The van der Waals surface area contributed by atoms with Crippen LogP contribution in [0.15, 0.2) is 24.3 Å². The summed E-state index contributed by atoms with van der Waals surface area (Å²) in [6.07, 6.45) is 1.04. The lowest BCUT2D eigenvalue weighted by Crippen LogP contribution is -2.46. The van der Waals surface area contributed by atoms with Crippen molar-refractivity contribution in [1.82, 2.24) is 0 Å². The van der Waals surface area contributed by atoms with Crippen LogP contribution in [0.3, 0.4) is 0 Å². The highest BCUT2D eigenvalue weighted by atomic mass is 16.6. The van der Waals surface area contributed by atoms with Gasteiger partial charge in [0.1, 0.15) is 0 Å². The maximum absolute atomic E-state index is 11.9. The summed E-state index contributed by atoms with van der Waals surface area (Å²) in [6.45, 7) is 2.49. The lowest BCUT2D eigenvalue weighted by molar-refractivity contribution is 0.124. The fourth-order valence-corrected chi connectivity index (χ4v) is 2.18. The third-order valence-corrected chi connectivity index (χ3v) is 3.08. The number of anilines is 1. The smallest absolute Gasteiger partial charge is 0.414 e. The molecule has 1 fully saturated rings. The largest absolute Gasteiger partial charge is 0.449 e. The molecule has 0 radical (unpaired) electrons. The number of para-hydroxylation sites is 1. The molecule has 4 nitrogen and oxygen atoms in total. The Labute approximate surface area is 101 Å². The molecule has 2 rings (SSSR count). The molecule has 0 saturated carbocycles. The molecule has 0 aromatic heterocycles. The summed E-state index contributed by atoms with van der Waals surface area (Å²) in [5.41, 5.74) is 1.91. The molecule has 1 aliphatic heterocycles. The molecule has 1 unspecified atom stereocenters. The van der Waals surface area contributed by atoms with Crippen LogP contribution in [0.4, 0.5) is 10.5 Å². The number of ether oxygens (including phenoxy) is 1. The van der Waals surface area contributed by atoms with Crippen molar-refractivity contribution in [2.75, 3.05) is 18.1 Å². The predicted octanol–water partition coefficient (Wildman–Crippen LogP) is 2.09. The molecule has 4 heteroatoms. The number of amides is 1. The minimum absolute atomic E-state index is 0.0300. The van der Waals surface area contributed by atoms with Crippen molar-refractivity contribution < 1.29 is 14.6 Å². The Kier molecular flexibility index (Phi) is 3.64. The maximum atomic E-state index is 11.9. The Morgan fingerprint density at radius 3 is 2.94 bits per heavy atom. The molecule has 0 spiro atoms. The summed E-state index contributed by atoms with van der Waals surface area (Å²) >= 11 is 0. The number of hydrogen-bond donors (Lipinski definition) is 1. The Morgan fingerprint density at radius 1 is 1.47 bits per heavy atom. The van der Waals surface area contributed by atoms with Crippen LogP contribution in [0.5, 0.6) is 0 Å². The summed E-state index contributed by atoms with van der Waals surface area (Å²) in [5, 5.41) is 9.06. The van der Waals surface area contributed by atoms with E-state index in [0.717, 1.165) is 17.7 Å². The molecule has 1 aromatic rings. The lowest BCUT2D eigenvalue weighted by atomic mass is 10.1. The quantitative estimate of drug-likeness (QED) is 0.872. The van der Waals surface area contributed by atoms with E-state index in [1.54, 1.807) is 4.90 Å². The number of carbonyl (C=O) groups excluding carboxylic acids is 1. The Morgan fingerprint density at radius 2 is 2.24 bits per heavy atom. The zero-order chi connectivity index (χ0) is 12.3. The molecule has 1 N–H and O–H groups in total. The molecule has 17 heavy (non-hydrogen) atoms. The number of aryl methyl sites for hydroxylation is 1. The summed E-state index contributed by atoms with van der Waals surface area (Å²) in [4.78, 5) is 13.5. The number of rotatable bonds is 3. The van der Waals surface area contributed by atoms with Gasteiger partial charge < -0.3 is 9.84 Å². The van der Waals surface area contributed by atoms with Crippen LogP contribution < -0.4 is 4.90 Å². The number of hydrogen-bond acceptors (Lipinski definition) is 3. The zero-order valence-electron chi connectivity index (χ0n) is 9.93. The molecule has 0 bridgehead atoms. The van der Waals surface area contributed by atoms with Crippen molar-refractivity contribution in [3.8, 4) is 0 Å². The van der Waals surface area contributed by atoms with Gasteiger partial charge in [-0.2, -0.15) is 0 Å². The third-order valence-electron chi connectivity index (χ3n) is 3.08. The summed E-state index contributed by atoms with van der Waals surface area (Å²) in [5.74, 6) is 0. The monoisotopic (exact) mass is 235 g/mol. The minimum Gasteiger partial charge on any atom is -0.449 e. The van der Waals surface area contributed by atoms with Crippen LogP contribution in [0, 0.1) is 6.92 Å². The van der Waals surface area contributed by atoms with E-state index in [2.05, 4.69) is 0 Å². The molecular weight excluding hydrogens is 218 g/mol. The molecule has 1 aromatic carbocycles. The van der Waals surface area contributed by atoms with Crippen molar-refractivity contribution in [3.63, 3.8) is 0 Å². The topological polar surface area (TPSA) is 49.8 Å². The van der Waals surface area contributed by atoms with Crippen molar-refractivity contribution in [3.05, 3.63) is 29.8 Å². The zero-order valence-corrected chi connectivity index (χ0v) is 9.93. The SMILES string of the molecule is Cc1ccccc1N1C(=O)OCCC1CCO. The molecule has 1 amide bonds. The van der Waals surface area contributed by atoms with E-state index in [-0.39, 0.29) is 18.7 Å². The standard InChI is InChI=1S/C13H17NO3/c1-10-4-2-3-5-12(10)14-11(6-8-15)7-9-17-13(14)16/h2-5,11,15H,6-9H2,1H3. The first-order valence-electron chi connectivity index (χ1n) is 5.86. The maximum Gasteiger partial charge on any atom is 0.414 e. The highest BCUT2D eigenvalue weighted by Crippen LogP contribution is 2.27. The van der Waals surface area contributed by atoms with Gasteiger partial charge in [-0.15, -0.1) is 0 Å². The minimum atomic E-state index is -0.316. The molecule has 1 saturated heterocycles. The summed E-state index contributed by atoms with van der Waals surface area (Å²) < 4.78 is 5.08. The fraction of sp³-hybridized carbons (Fsp3) is 0.462.